The first-order valence-electron chi connectivity index (χ1n) is 4.30. The van der Waals surface area contributed by atoms with Crippen molar-refractivity contribution in [2.45, 2.75) is 39.0 Å². The summed E-state index contributed by atoms with van der Waals surface area (Å²) in [5.74, 6) is 2.46. The fourth-order valence-corrected chi connectivity index (χ4v) is 2.47. The fourth-order valence-electron chi connectivity index (χ4n) is 2.02. The van der Waals surface area contributed by atoms with E-state index in [1.807, 2.05) is 0 Å². The van der Waals surface area contributed by atoms with Crippen molar-refractivity contribution in [2.75, 3.05) is 0 Å². The van der Waals surface area contributed by atoms with Crippen molar-refractivity contribution in [3.05, 3.63) is 0 Å². The highest BCUT2D eigenvalue weighted by molar-refractivity contribution is 6.20. The Morgan fingerprint density at radius 3 is 2.10 bits per heavy atom. The van der Waals surface area contributed by atoms with Crippen molar-refractivity contribution in [2.24, 2.45) is 17.8 Å². The van der Waals surface area contributed by atoms with Gasteiger partial charge in [-0.3, -0.25) is 0 Å². The molecule has 4 atom stereocenters. The maximum absolute atomic E-state index is 6.13. The van der Waals surface area contributed by atoms with Crippen LogP contribution in [0.3, 0.4) is 0 Å². The van der Waals surface area contributed by atoms with Gasteiger partial charge in [-0.25, -0.2) is 0 Å². The summed E-state index contributed by atoms with van der Waals surface area (Å²) in [6, 6.07) is 0. The van der Waals surface area contributed by atoms with E-state index in [0.717, 1.165) is 17.8 Å². The van der Waals surface area contributed by atoms with Gasteiger partial charge in [0.15, 0.2) is 0 Å². The Bertz CT molecular complexity index is 111. The topological polar surface area (TPSA) is 0 Å². The van der Waals surface area contributed by atoms with Gasteiger partial charge in [0.2, 0.25) is 0 Å². The Morgan fingerprint density at radius 1 is 1.30 bits per heavy atom. The number of hydrogen-bond acceptors (Lipinski definition) is 0. The molecule has 1 aliphatic carbocycles. The summed E-state index contributed by atoms with van der Waals surface area (Å²) in [4.78, 5) is 0. The Kier molecular flexibility index (Phi) is 2.62. The number of rotatable bonds is 1. The molecule has 1 saturated carbocycles. The molecule has 0 aromatic rings. The SMILES string of the molecule is CC[C@H]1C[C@H](Cl)C(C)C1C. The van der Waals surface area contributed by atoms with Crippen LogP contribution in [0.2, 0.25) is 0 Å². The van der Waals surface area contributed by atoms with Crippen LogP contribution >= 0.6 is 11.6 Å². The van der Waals surface area contributed by atoms with Crippen LogP contribution < -0.4 is 0 Å². The second-order valence-electron chi connectivity index (χ2n) is 3.64. The maximum atomic E-state index is 6.13. The van der Waals surface area contributed by atoms with Gasteiger partial charge in [0.05, 0.1) is 0 Å². The molecule has 0 spiro atoms. The van der Waals surface area contributed by atoms with E-state index in [9.17, 15) is 0 Å². The van der Waals surface area contributed by atoms with Crippen molar-refractivity contribution < 1.29 is 0 Å². The monoisotopic (exact) mass is 160 g/mol. The summed E-state index contributed by atoms with van der Waals surface area (Å²) in [5, 5.41) is 0.444. The highest BCUT2D eigenvalue weighted by Crippen LogP contribution is 2.41. The largest absolute Gasteiger partial charge is 0.123 e. The normalized spacial score (nSPS) is 48.0. The molecule has 0 N–H and O–H groups in total. The van der Waals surface area contributed by atoms with Gasteiger partial charge in [0.1, 0.15) is 0 Å². The van der Waals surface area contributed by atoms with Crippen LogP contribution in [0, 0.1) is 17.8 Å². The first kappa shape index (κ1) is 8.39. The van der Waals surface area contributed by atoms with Crippen LogP contribution in [0.15, 0.2) is 0 Å². The summed E-state index contributed by atoms with van der Waals surface area (Å²) < 4.78 is 0. The van der Waals surface area contributed by atoms with Crippen LogP contribution in [0.25, 0.3) is 0 Å². The summed E-state index contributed by atoms with van der Waals surface area (Å²) in [7, 11) is 0. The molecule has 0 bridgehead atoms. The first-order chi connectivity index (χ1) is 4.66. The third kappa shape index (κ3) is 1.32. The molecule has 0 heterocycles. The molecule has 0 aliphatic heterocycles. The van der Waals surface area contributed by atoms with E-state index in [2.05, 4.69) is 20.8 Å². The molecule has 2 unspecified atom stereocenters. The first-order valence-corrected chi connectivity index (χ1v) is 4.74. The average molecular weight is 161 g/mol. The summed E-state index contributed by atoms with van der Waals surface area (Å²) in [5.41, 5.74) is 0. The highest BCUT2D eigenvalue weighted by atomic mass is 35.5. The minimum absolute atomic E-state index is 0.444. The zero-order valence-corrected chi connectivity index (χ0v) is 7.86. The van der Waals surface area contributed by atoms with Gasteiger partial charge < -0.3 is 0 Å². The van der Waals surface area contributed by atoms with Crippen molar-refractivity contribution in [3.8, 4) is 0 Å². The van der Waals surface area contributed by atoms with Crippen LogP contribution in [0.4, 0.5) is 0 Å². The van der Waals surface area contributed by atoms with E-state index < -0.39 is 0 Å². The standard InChI is InChI=1S/C9H17Cl/c1-4-8-5-9(10)7(3)6(8)2/h6-9H,4-5H2,1-3H3/t6?,7?,8-,9-/m0/s1. The second-order valence-corrected chi connectivity index (χ2v) is 4.20. The average Bonchev–Trinajstić information content (AvgIpc) is 2.17. The third-order valence-electron chi connectivity index (χ3n) is 3.20. The smallest absolute Gasteiger partial charge is 0.0367 e. The molecule has 1 heteroatoms. The van der Waals surface area contributed by atoms with E-state index in [-0.39, 0.29) is 0 Å². The number of alkyl halides is 1. The highest BCUT2D eigenvalue weighted by Gasteiger charge is 2.35. The molecule has 0 nitrogen and oxygen atoms in total. The molecule has 1 rings (SSSR count). The van der Waals surface area contributed by atoms with Gasteiger partial charge in [-0.15, -0.1) is 11.6 Å². The molecule has 0 radical (unpaired) electrons. The van der Waals surface area contributed by atoms with E-state index in [4.69, 9.17) is 11.6 Å². The van der Waals surface area contributed by atoms with Crippen LogP contribution in [0.5, 0.6) is 0 Å². The Labute approximate surface area is 69.0 Å². The van der Waals surface area contributed by atoms with Gasteiger partial charge in [0, 0.05) is 5.38 Å². The molecule has 1 aliphatic rings. The summed E-state index contributed by atoms with van der Waals surface area (Å²) >= 11 is 6.13. The number of halogens is 1. The third-order valence-corrected chi connectivity index (χ3v) is 3.77. The molecule has 0 aromatic heterocycles. The molecule has 10 heavy (non-hydrogen) atoms. The van der Waals surface area contributed by atoms with Crippen molar-refractivity contribution in [3.63, 3.8) is 0 Å². The molecule has 0 aromatic carbocycles. The predicted octanol–water partition coefficient (Wildman–Crippen LogP) is 3.30. The van der Waals surface area contributed by atoms with E-state index in [0.29, 0.717) is 5.38 Å². The quantitative estimate of drug-likeness (QED) is 0.517. The molecule has 0 saturated heterocycles. The molecular formula is C9H17Cl. The zero-order valence-electron chi connectivity index (χ0n) is 7.10. The Balaban J connectivity index is 2.53. The Hall–Kier alpha value is 0.290. The van der Waals surface area contributed by atoms with E-state index in [1.54, 1.807) is 0 Å². The van der Waals surface area contributed by atoms with Crippen molar-refractivity contribution in [1.82, 2.24) is 0 Å². The van der Waals surface area contributed by atoms with Crippen LogP contribution in [-0.2, 0) is 0 Å². The molecule has 1 fully saturated rings. The van der Waals surface area contributed by atoms with Crippen LogP contribution in [0.1, 0.15) is 33.6 Å². The molecular weight excluding hydrogens is 144 g/mol. The zero-order chi connectivity index (χ0) is 7.72. The maximum Gasteiger partial charge on any atom is 0.0367 e. The number of hydrogen-bond donors (Lipinski definition) is 0. The lowest BCUT2D eigenvalue weighted by atomic mass is 9.91. The van der Waals surface area contributed by atoms with Gasteiger partial charge in [-0.2, -0.15) is 0 Å². The van der Waals surface area contributed by atoms with Crippen molar-refractivity contribution in [1.29, 1.82) is 0 Å². The lowest BCUT2D eigenvalue weighted by molar-refractivity contribution is 0.350. The predicted molar refractivity (Wildman–Crippen MR) is 46.4 cm³/mol. The van der Waals surface area contributed by atoms with Gasteiger partial charge in [0.25, 0.3) is 0 Å². The lowest BCUT2D eigenvalue weighted by Gasteiger charge is -2.15. The molecule has 60 valence electrons. The summed E-state index contributed by atoms with van der Waals surface area (Å²) in [6.07, 6.45) is 2.54. The minimum atomic E-state index is 0.444. The van der Waals surface area contributed by atoms with E-state index >= 15 is 0 Å². The van der Waals surface area contributed by atoms with Crippen LogP contribution in [-0.4, -0.2) is 5.38 Å². The summed E-state index contributed by atoms with van der Waals surface area (Å²) in [6.45, 7) is 6.88. The van der Waals surface area contributed by atoms with Gasteiger partial charge >= 0.3 is 0 Å². The second kappa shape index (κ2) is 3.13. The van der Waals surface area contributed by atoms with Gasteiger partial charge in [-0.05, 0) is 24.2 Å². The Morgan fingerprint density at radius 2 is 1.90 bits per heavy atom. The fraction of sp³-hybridized carbons (Fsp3) is 1.00. The lowest BCUT2D eigenvalue weighted by Crippen LogP contribution is -2.10. The van der Waals surface area contributed by atoms with Crippen molar-refractivity contribution >= 4 is 11.6 Å². The van der Waals surface area contributed by atoms with E-state index in [1.165, 1.54) is 12.8 Å². The molecule has 0 amide bonds. The minimum Gasteiger partial charge on any atom is -0.123 e. The van der Waals surface area contributed by atoms with Gasteiger partial charge in [-0.1, -0.05) is 27.2 Å².